The third-order valence-corrected chi connectivity index (χ3v) is 3.36. The van der Waals surface area contributed by atoms with Crippen molar-refractivity contribution in [2.45, 2.75) is 12.1 Å². The SMILES string of the molecule is COC(=O)[C@@H]1C=CC(c2ccc(OC)cc2)N1C(=O)OC. The molecule has 2 atom stereocenters. The quantitative estimate of drug-likeness (QED) is 0.629. The van der Waals surface area contributed by atoms with E-state index in [1.165, 1.54) is 19.1 Å². The third-order valence-electron chi connectivity index (χ3n) is 3.36. The van der Waals surface area contributed by atoms with Gasteiger partial charge in [0.2, 0.25) is 0 Å². The summed E-state index contributed by atoms with van der Waals surface area (Å²) in [5.41, 5.74) is 0.851. The second-order valence-electron chi connectivity index (χ2n) is 4.45. The van der Waals surface area contributed by atoms with Crippen molar-refractivity contribution in [2.24, 2.45) is 0 Å². The standard InChI is InChI=1S/C15H17NO5/c1-19-11-6-4-10(5-7-11)12-8-9-13(14(17)20-2)16(12)15(18)21-3/h4-9,12-13H,1-3H3/t12?,13-/m0/s1. The summed E-state index contributed by atoms with van der Waals surface area (Å²) in [6, 6.07) is 6.10. The molecule has 2 rings (SSSR count). The Labute approximate surface area is 122 Å². The number of nitrogens with zero attached hydrogens (tertiary/aromatic N) is 1. The van der Waals surface area contributed by atoms with Crippen molar-refractivity contribution in [3.05, 3.63) is 42.0 Å². The molecule has 0 saturated carbocycles. The van der Waals surface area contributed by atoms with Crippen LogP contribution in [-0.2, 0) is 14.3 Å². The Bertz CT molecular complexity index is 552. The molecule has 1 amide bonds. The van der Waals surface area contributed by atoms with Gasteiger partial charge < -0.3 is 14.2 Å². The maximum Gasteiger partial charge on any atom is 0.411 e. The van der Waals surface area contributed by atoms with Crippen molar-refractivity contribution in [1.29, 1.82) is 0 Å². The van der Waals surface area contributed by atoms with E-state index >= 15 is 0 Å². The molecule has 21 heavy (non-hydrogen) atoms. The fraction of sp³-hybridized carbons (Fsp3) is 0.333. The molecule has 1 aromatic rings. The van der Waals surface area contributed by atoms with Crippen LogP contribution in [0.15, 0.2) is 36.4 Å². The van der Waals surface area contributed by atoms with E-state index in [0.29, 0.717) is 0 Å². The number of esters is 1. The monoisotopic (exact) mass is 291 g/mol. The first kappa shape index (κ1) is 14.9. The molecule has 0 aromatic heterocycles. The lowest BCUT2D eigenvalue weighted by Crippen LogP contribution is -2.42. The molecule has 0 N–H and O–H groups in total. The summed E-state index contributed by atoms with van der Waals surface area (Å²) in [7, 11) is 4.14. The molecule has 0 aliphatic carbocycles. The average Bonchev–Trinajstić information content (AvgIpc) is 2.98. The van der Waals surface area contributed by atoms with Crippen molar-refractivity contribution in [3.63, 3.8) is 0 Å². The van der Waals surface area contributed by atoms with Crippen molar-refractivity contribution in [3.8, 4) is 5.75 Å². The molecular formula is C15H17NO5. The van der Waals surface area contributed by atoms with Crippen LogP contribution in [0.5, 0.6) is 5.75 Å². The number of ether oxygens (including phenoxy) is 3. The van der Waals surface area contributed by atoms with E-state index in [-0.39, 0.29) is 6.04 Å². The summed E-state index contributed by atoms with van der Waals surface area (Å²) in [6.45, 7) is 0. The van der Waals surface area contributed by atoms with Gasteiger partial charge in [0.05, 0.1) is 27.4 Å². The zero-order valence-corrected chi connectivity index (χ0v) is 12.1. The minimum absolute atomic E-state index is 0.382. The Balaban J connectivity index is 2.31. The highest BCUT2D eigenvalue weighted by molar-refractivity contribution is 5.85. The summed E-state index contributed by atoms with van der Waals surface area (Å²) >= 11 is 0. The number of benzene rings is 1. The second kappa shape index (κ2) is 6.30. The van der Waals surface area contributed by atoms with Crippen LogP contribution in [0.3, 0.4) is 0 Å². The van der Waals surface area contributed by atoms with Gasteiger partial charge in [-0.3, -0.25) is 4.90 Å². The van der Waals surface area contributed by atoms with Crippen LogP contribution < -0.4 is 4.74 Å². The van der Waals surface area contributed by atoms with Crippen molar-refractivity contribution in [1.82, 2.24) is 4.90 Å². The van der Waals surface area contributed by atoms with Gasteiger partial charge in [0.25, 0.3) is 0 Å². The first-order chi connectivity index (χ1) is 10.1. The average molecular weight is 291 g/mol. The lowest BCUT2D eigenvalue weighted by atomic mass is 10.1. The number of rotatable bonds is 3. The first-order valence-electron chi connectivity index (χ1n) is 6.38. The Morgan fingerprint density at radius 2 is 1.67 bits per heavy atom. The van der Waals surface area contributed by atoms with Gasteiger partial charge in [0.1, 0.15) is 5.75 Å². The summed E-state index contributed by atoms with van der Waals surface area (Å²) in [4.78, 5) is 25.1. The minimum atomic E-state index is -0.783. The van der Waals surface area contributed by atoms with Crippen LogP contribution in [0.4, 0.5) is 4.79 Å². The molecular weight excluding hydrogens is 274 g/mol. The highest BCUT2D eigenvalue weighted by Gasteiger charge is 2.39. The zero-order valence-electron chi connectivity index (χ0n) is 12.1. The Morgan fingerprint density at radius 1 is 1.00 bits per heavy atom. The number of carbonyl (C=O) groups is 2. The molecule has 0 saturated heterocycles. The normalized spacial score (nSPS) is 20.2. The van der Waals surface area contributed by atoms with Crippen LogP contribution in [0.2, 0.25) is 0 Å². The Morgan fingerprint density at radius 3 is 2.19 bits per heavy atom. The van der Waals surface area contributed by atoms with E-state index in [1.807, 2.05) is 12.1 Å². The third kappa shape index (κ3) is 2.84. The maximum absolute atomic E-state index is 12.0. The number of carbonyl (C=O) groups excluding carboxylic acids is 2. The number of amides is 1. The fourth-order valence-electron chi connectivity index (χ4n) is 2.29. The Hall–Kier alpha value is -2.50. The smallest absolute Gasteiger partial charge is 0.411 e. The zero-order chi connectivity index (χ0) is 15.4. The van der Waals surface area contributed by atoms with Gasteiger partial charge in [-0.2, -0.15) is 0 Å². The number of methoxy groups -OCH3 is 3. The van der Waals surface area contributed by atoms with Gasteiger partial charge in [-0.25, -0.2) is 9.59 Å². The maximum atomic E-state index is 12.0. The van der Waals surface area contributed by atoms with Crippen molar-refractivity contribution >= 4 is 12.1 Å². The molecule has 1 aliphatic rings. The van der Waals surface area contributed by atoms with Gasteiger partial charge in [-0.05, 0) is 17.7 Å². The number of hydrogen-bond donors (Lipinski definition) is 0. The van der Waals surface area contributed by atoms with Crippen LogP contribution in [0.25, 0.3) is 0 Å². The molecule has 0 radical (unpaired) electrons. The van der Waals surface area contributed by atoms with Crippen LogP contribution >= 0.6 is 0 Å². The van der Waals surface area contributed by atoms with E-state index in [2.05, 4.69) is 0 Å². The lowest BCUT2D eigenvalue weighted by Gasteiger charge is -2.28. The summed E-state index contributed by atoms with van der Waals surface area (Å²) in [5.74, 6) is 0.211. The van der Waals surface area contributed by atoms with E-state index in [9.17, 15) is 9.59 Å². The van der Waals surface area contributed by atoms with Gasteiger partial charge in [-0.1, -0.05) is 24.3 Å². The second-order valence-corrected chi connectivity index (χ2v) is 4.45. The van der Waals surface area contributed by atoms with Crippen LogP contribution in [0, 0.1) is 0 Å². The molecule has 1 aromatic carbocycles. The summed E-state index contributed by atoms with van der Waals surface area (Å²) in [5, 5.41) is 0. The van der Waals surface area contributed by atoms with E-state index in [0.717, 1.165) is 11.3 Å². The molecule has 0 spiro atoms. The highest BCUT2D eigenvalue weighted by Crippen LogP contribution is 2.32. The van der Waals surface area contributed by atoms with Crippen LogP contribution in [-0.4, -0.2) is 44.3 Å². The molecule has 112 valence electrons. The summed E-state index contributed by atoms with van der Waals surface area (Å²) in [6.07, 6.45) is 2.83. The molecule has 1 heterocycles. The van der Waals surface area contributed by atoms with Gasteiger partial charge in [0, 0.05) is 0 Å². The van der Waals surface area contributed by atoms with Crippen LogP contribution in [0.1, 0.15) is 11.6 Å². The van der Waals surface area contributed by atoms with Crippen molar-refractivity contribution < 1.29 is 23.8 Å². The summed E-state index contributed by atoms with van der Waals surface area (Å²) < 4.78 is 14.6. The predicted molar refractivity (Wildman–Crippen MR) is 74.9 cm³/mol. The fourth-order valence-corrected chi connectivity index (χ4v) is 2.29. The molecule has 6 nitrogen and oxygen atoms in total. The number of hydrogen-bond acceptors (Lipinski definition) is 5. The first-order valence-corrected chi connectivity index (χ1v) is 6.38. The molecule has 6 heteroatoms. The predicted octanol–water partition coefficient (Wildman–Crippen LogP) is 1.92. The van der Waals surface area contributed by atoms with E-state index in [4.69, 9.17) is 14.2 Å². The largest absolute Gasteiger partial charge is 0.497 e. The molecule has 0 fully saturated rings. The van der Waals surface area contributed by atoms with E-state index in [1.54, 1.807) is 31.4 Å². The molecule has 1 aliphatic heterocycles. The van der Waals surface area contributed by atoms with E-state index < -0.39 is 18.1 Å². The van der Waals surface area contributed by atoms with Crippen molar-refractivity contribution in [2.75, 3.05) is 21.3 Å². The minimum Gasteiger partial charge on any atom is -0.497 e. The van der Waals surface area contributed by atoms with Gasteiger partial charge in [0.15, 0.2) is 6.04 Å². The van der Waals surface area contributed by atoms with Gasteiger partial charge >= 0.3 is 12.1 Å². The molecule has 1 unspecified atom stereocenters. The topological polar surface area (TPSA) is 65.1 Å². The lowest BCUT2D eigenvalue weighted by molar-refractivity contribution is -0.144. The molecule has 0 bridgehead atoms. The highest BCUT2D eigenvalue weighted by atomic mass is 16.5. The Kier molecular flexibility index (Phi) is 4.47. The van der Waals surface area contributed by atoms with Gasteiger partial charge in [-0.15, -0.1) is 0 Å².